The molecule has 1 heterocycles. The van der Waals surface area contributed by atoms with Crippen molar-refractivity contribution in [2.24, 2.45) is 11.7 Å². The van der Waals surface area contributed by atoms with Gasteiger partial charge in [0, 0.05) is 35.7 Å². The minimum atomic E-state index is 0.153. The number of likely N-dealkylation sites (tertiary alicyclic amines) is 1. The van der Waals surface area contributed by atoms with Crippen molar-refractivity contribution >= 4 is 27.5 Å². The van der Waals surface area contributed by atoms with E-state index in [9.17, 15) is 0 Å². The molecule has 1 saturated heterocycles. The van der Waals surface area contributed by atoms with Crippen molar-refractivity contribution in [1.29, 1.82) is 0 Å². The van der Waals surface area contributed by atoms with Crippen LogP contribution in [0.5, 0.6) is 0 Å². The molecule has 0 aliphatic carbocycles. The van der Waals surface area contributed by atoms with Crippen molar-refractivity contribution in [1.82, 2.24) is 4.90 Å². The Kier molecular flexibility index (Phi) is 5.87. The molecule has 0 bridgehead atoms. The number of hydrogen-bond donors (Lipinski definition) is 1. The van der Waals surface area contributed by atoms with E-state index in [0.29, 0.717) is 12.5 Å². The molecule has 3 nitrogen and oxygen atoms in total. The Morgan fingerprint density at radius 2 is 2.30 bits per heavy atom. The van der Waals surface area contributed by atoms with Crippen molar-refractivity contribution < 1.29 is 4.74 Å². The molecule has 2 rings (SSSR count). The normalized spacial score (nSPS) is 25.6. The molecule has 1 fully saturated rings. The second kappa shape index (κ2) is 7.23. The van der Waals surface area contributed by atoms with Crippen LogP contribution in [0.4, 0.5) is 0 Å². The second-order valence-electron chi connectivity index (χ2n) is 5.45. The van der Waals surface area contributed by atoms with Crippen LogP contribution in [0.15, 0.2) is 22.7 Å². The van der Waals surface area contributed by atoms with Gasteiger partial charge in [-0.15, -0.1) is 0 Å². The Balaban J connectivity index is 2.19. The Morgan fingerprint density at radius 3 is 2.90 bits per heavy atom. The first-order chi connectivity index (χ1) is 9.56. The molecule has 0 aromatic heterocycles. The fraction of sp³-hybridized carbons (Fsp3) is 0.600. The number of nitrogens with zero attached hydrogens (tertiary/aromatic N) is 1. The van der Waals surface area contributed by atoms with Gasteiger partial charge in [-0.25, -0.2) is 0 Å². The highest BCUT2D eigenvalue weighted by atomic mass is 79.9. The predicted octanol–water partition coefficient (Wildman–Crippen LogP) is 3.46. The molecule has 20 heavy (non-hydrogen) atoms. The molecular weight excluding hydrogens is 340 g/mol. The summed E-state index contributed by atoms with van der Waals surface area (Å²) in [6.45, 7) is 4.75. The quantitative estimate of drug-likeness (QED) is 0.892. The van der Waals surface area contributed by atoms with Crippen LogP contribution >= 0.6 is 27.5 Å². The molecule has 3 atom stereocenters. The molecule has 1 aliphatic rings. The molecule has 1 aliphatic heterocycles. The average Bonchev–Trinajstić information content (AvgIpc) is 2.43. The van der Waals surface area contributed by atoms with Gasteiger partial charge < -0.3 is 10.5 Å². The van der Waals surface area contributed by atoms with Crippen LogP contribution in [0, 0.1) is 5.92 Å². The number of halogens is 2. The maximum Gasteiger partial charge on any atom is 0.0724 e. The van der Waals surface area contributed by atoms with Gasteiger partial charge in [-0.1, -0.05) is 40.5 Å². The molecule has 0 amide bonds. The summed E-state index contributed by atoms with van der Waals surface area (Å²) in [6, 6.07) is 6.16. The molecule has 0 spiro atoms. The van der Waals surface area contributed by atoms with Crippen LogP contribution in [0.25, 0.3) is 0 Å². The predicted molar refractivity (Wildman–Crippen MR) is 87.1 cm³/mol. The monoisotopic (exact) mass is 360 g/mol. The molecule has 5 heteroatoms. The van der Waals surface area contributed by atoms with E-state index in [1.54, 1.807) is 7.11 Å². The summed E-state index contributed by atoms with van der Waals surface area (Å²) < 4.78 is 6.58. The Hall–Kier alpha value is -0.130. The van der Waals surface area contributed by atoms with Gasteiger partial charge in [-0.3, -0.25) is 4.90 Å². The molecule has 0 radical (unpaired) electrons. The van der Waals surface area contributed by atoms with Gasteiger partial charge in [0.05, 0.1) is 6.10 Å². The lowest BCUT2D eigenvalue weighted by Gasteiger charge is -2.40. The summed E-state index contributed by atoms with van der Waals surface area (Å²) in [4.78, 5) is 2.39. The number of benzene rings is 1. The number of methoxy groups -OCH3 is 1. The topological polar surface area (TPSA) is 38.5 Å². The van der Waals surface area contributed by atoms with E-state index in [-0.39, 0.29) is 12.1 Å². The minimum absolute atomic E-state index is 0.153. The number of nitrogens with two attached hydrogens (primary N) is 1. The van der Waals surface area contributed by atoms with Gasteiger partial charge in [-0.05, 0) is 36.6 Å². The fourth-order valence-corrected chi connectivity index (χ4v) is 3.69. The SMILES string of the molecule is COC1CN(C(CN)c2ccc(Br)cc2Cl)CCC1C. The summed E-state index contributed by atoms with van der Waals surface area (Å²) in [7, 11) is 1.79. The molecule has 1 aromatic rings. The van der Waals surface area contributed by atoms with E-state index in [1.165, 1.54) is 0 Å². The first-order valence-electron chi connectivity index (χ1n) is 6.98. The maximum atomic E-state index is 6.38. The molecule has 2 N–H and O–H groups in total. The molecule has 0 saturated carbocycles. The highest BCUT2D eigenvalue weighted by Gasteiger charge is 2.31. The fourth-order valence-electron chi connectivity index (χ4n) is 2.89. The number of piperidine rings is 1. The summed E-state index contributed by atoms with van der Waals surface area (Å²) in [6.07, 6.45) is 1.40. The van der Waals surface area contributed by atoms with Gasteiger partial charge >= 0.3 is 0 Å². The van der Waals surface area contributed by atoms with Crippen LogP contribution in [0.3, 0.4) is 0 Å². The summed E-state index contributed by atoms with van der Waals surface area (Å²) in [5, 5.41) is 0.766. The zero-order valence-electron chi connectivity index (χ0n) is 12.0. The third-order valence-electron chi connectivity index (χ3n) is 4.21. The number of rotatable bonds is 4. The lowest BCUT2D eigenvalue weighted by atomic mass is 9.93. The minimum Gasteiger partial charge on any atom is -0.380 e. The first kappa shape index (κ1) is 16.2. The highest BCUT2D eigenvalue weighted by molar-refractivity contribution is 9.10. The first-order valence-corrected chi connectivity index (χ1v) is 8.15. The maximum absolute atomic E-state index is 6.38. The van der Waals surface area contributed by atoms with E-state index in [2.05, 4.69) is 33.8 Å². The van der Waals surface area contributed by atoms with Crippen molar-refractivity contribution in [2.45, 2.75) is 25.5 Å². The Labute approximate surface area is 134 Å². The third-order valence-corrected chi connectivity index (χ3v) is 5.03. The number of ether oxygens (including phenoxy) is 1. The smallest absolute Gasteiger partial charge is 0.0724 e. The van der Waals surface area contributed by atoms with Crippen molar-refractivity contribution in [2.75, 3.05) is 26.7 Å². The van der Waals surface area contributed by atoms with Crippen LogP contribution in [-0.2, 0) is 4.74 Å². The Morgan fingerprint density at radius 1 is 1.55 bits per heavy atom. The third kappa shape index (κ3) is 3.55. The number of hydrogen-bond acceptors (Lipinski definition) is 3. The zero-order valence-corrected chi connectivity index (χ0v) is 14.3. The summed E-state index contributed by atoms with van der Waals surface area (Å²) in [5.41, 5.74) is 7.11. The lowest BCUT2D eigenvalue weighted by molar-refractivity contribution is -0.0183. The Bertz CT molecular complexity index is 457. The van der Waals surface area contributed by atoms with E-state index >= 15 is 0 Å². The van der Waals surface area contributed by atoms with Crippen LogP contribution in [-0.4, -0.2) is 37.7 Å². The van der Waals surface area contributed by atoms with E-state index in [1.807, 2.05) is 12.1 Å². The van der Waals surface area contributed by atoms with E-state index in [0.717, 1.165) is 34.6 Å². The lowest BCUT2D eigenvalue weighted by Crippen LogP contribution is -2.47. The largest absolute Gasteiger partial charge is 0.380 e. The second-order valence-corrected chi connectivity index (χ2v) is 6.78. The van der Waals surface area contributed by atoms with Crippen LogP contribution in [0.1, 0.15) is 24.9 Å². The highest BCUT2D eigenvalue weighted by Crippen LogP contribution is 2.32. The zero-order chi connectivity index (χ0) is 14.7. The van der Waals surface area contributed by atoms with Gasteiger partial charge in [0.2, 0.25) is 0 Å². The molecular formula is C15H22BrClN2O. The van der Waals surface area contributed by atoms with Gasteiger partial charge in [-0.2, -0.15) is 0 Å². The standard InChI is InChI=1S/C15H22BrClN2O/c1-10-5-6-19(9-15(10)20-2)14(8-18)12-4-3-11(16)7-13(12)17/h3-4,7,10,14-15H,5-6,8-9,18H2,1-2H3. The van der Waals surface area contributed by atoms with Crippen LogP contribution in [0.2, 0.25) is 5.02 Å². The van der Waals surface area contributed by atoms with E-state index in [4.69, 9.17) is 22.1 Å². The summed E-state index contributed by atoms with van der Waals surface area (Å²) in [5.74, 6) is 0.593. The summed E-state index contributed by atoms with van der Waals surface area (Å²) >= 11 is 9.82. The van der Waals surface area contributed by atoms with Gasteiger partial charge in [0.25, 0.3) is 0 Å². The van der Waals surface area contributed by atoms with Crippen molar-refractivity contribution in [3.05, 3.63) is 33.3 Å². The average molecular weight is 362 g/mol. The molecule has 3 unspecified atom stereocenters. The van der Waals surface area contributed by atoms with Crippen molar-refractivity contribution in [3.63, 3.8) is 0 Å². The van der Waals surface area contributed by atoms with Gasteiger partial charge in [0.15, 0.2) is 0 Å². The molecule has 112 valence electrons. The van der Waals surface area contributed by atoms with Gasteiger partial charge in [0.1, 0.15) is 0 Å². The molecule has 1 aromatic carbocycles. The van der Waals surface area contributed by atoms with E-state index < -0.39 is 0 Å². The van der Waals surface area contributed by atoms with Crippen LogP contribution < -0.4 is 5.73 Å². The van der Waals surface area contributed by atoms with Crippen molar-refractivity contribution in [3.8, 4) is 0 Å².